The molecule has 146 valence electrons. The molecule has 0 N–H and O–H groups in total. The lowest BCUT2D eigenvalue weighted by Gasteiger charge is -2.32. The summed E-state index contributed by atoms with van der Waals surface area (Å²) in [5.74, 6) is 0.748. The van der Waals surface area contributed by atoms with Crippen LogP contribution in [0.1, 0.15) is 47.0 Å². The first-order valence-corrected chi connectivity index (χ1v) is 9.48. The zero-order valence-electron chi connectivity index (χ0n) is 17.1. The molecule has 0 radical (unpaired) electrons. The minimum atomic E-state index is -0.978. The maximum absolute atomic E-state index is 11.7. The molecule has 1 fully saturated rings. The van der Waals surface area contributed by atoms with Crippen LogP contribution < -0.4 is 0 Å². The van der Waals surface area contributed by atoms with E-state index in [9.17, 15) is 9.59 Å². The molecule has 2 rings (SSSR count). The average molecular weight is 371 g/mol. The summed E-state index contributed by atoms with van der Waals surface area (Å²) in [6, 6.07) is 0. The molecule has 0 spiro atoms. The van der Waals surface area contributed by atoms with Gasteiger partial charge in [0.15, 0.2) is 0 Å². The van der Waals surface area contributed by atoms with Gasteiger partial charge in [-0.25, -0.2) is 0 Å². The number of hydrogen-bond acceptors (Lipinski definition) is 5. The van der Waals surface area contributed by atoms with Crippen molar-refractivity contribution in [3.05, 3.63) is 47.0 Å². The largest absolute Gasteiger partial charge is 0.628 e. The molecule has 1 heterocycles. The smallest absolute Gasteiger partial charge is 0.495 e. The van der Waals surface area contributed by atoms with Gasteiger partial charge in [0.25, 0.3) is 0 Å². The lowest BCUT2D eigenvalue weighted by atomic mass is 9.72. The molecule has 0 saturated carbocycles. The predicted molar refractivity (Wildman–Crippen MR) is 108 cm³/mol. The van der Waals surface area contributed by atoms with Gasteiger partial charge in [0.1, 0.15) is 0 Å². The number of rotatable bonds is 4. The molecule has 1 aliphatic heterocycles. The fourth-order valence-electron chi connectivity index (χ4n) is 3.51. The fraction of sp³-hybridized carbons (Fsp3) is 0.524. The van der Waals surface area contributed by atoms with Gasteiger partial charge in [0.05, 0.1) is 13.1 Å². The van der Waals surface area contributed by atoms with E-state index in [1.807, 2.05) is 13.0 Å². The third kappa shape index (κ3) is 6.54. The number of hydrogen-bond donors (Lipinski definition) is 0. The molecule has 2 aliphatic rings. The van der Waals surface area contributed by atoms with Crippen LogP contribution >= 0.6 is 0 Å². The quantitative estimate of drug-likeness (QED) is 0.558. The van der Waals surface area contributed by atoms with Crippen molar-refractivity contribution in [2.24, 2.45) is 5.41 Å². The van der Waals surface area contributed by atoms with E-state index < -0.39 is 19.1 Å². The molecule has 5 nitrogen and oxygen atoms in total. The Labute approximate surface area is 162 Å². The highest BCUT2D eigenvalue weighted by Gasteiger charge is 2.29. The third-order valence-corrected chi connectivity index (χ3v) is 4.98. The Hall–Kier alpha value is -2.08. The van der Waals surface area contributed by atoms with Crippen molar-refractivity contribution >= 4 is 19.1 Å². The van der Waals surface area contributed by atoms with Crippen LogP contribution in [0.25, 0.3) is 0 Å². The lowest BCUT2D eigenvalue weighted by molar-refractivity contribution is -0.145. The van der Waals surface area contributed by atoms with Gasteiger partial charge in [-0.15, -0.1) is 0 Å². The molecule has 0 aromatic rings. The Kier molecular flexibility index (Phi) is 7.25. The second-order valence-electron chi connectivity index (χ2n) is 8.08. The van der Waals surface area contributed by atoms with Gasteiger partial charge in [-0.1, -0.05) is 49.3 Å². The normalized spacial score (nSPS) is 22.9. The van der Waals surface area contributed by atoms with Gasteiger partial charge < -0.3 is 9.31 Å². The maximum atomic E-state index is 11.7. The second kappa shape index (κ2) is 9.22. The van der Waals surface area contributed by atoms with Crippen molar-refractivity contribution in [1.82, 2.24) is 4.90 Å². The van der Waals surface area contributed by atoms with E-state index >= 15 is 0 Å². The van der Waals surface area contributed by atoms with E-state index in [-0.39, 0.29) is 18.5 Å². The summed E-state index contributed by atoms with van der Waals surface area (Å²) >= 11 is 0. The molecule has 1 aliphatic carbocycles. The van der Waals surface area contributed by atoms with Crippen LogP contribution in [0.3, 0.4) is 0 Å². The molecule has 27 heavy (non-hydrogen) atoms. The SMILES string of the molecule is CC1=C(/C=C/C(C)=C/C=C/B2OC(=O)CN(C)CC(=O)O2)C(C)(C)CCC1. The Morgan fingerprint density at radius 1 is 1.19 bits per heavy atom. The van der Waals surface area contributed by atoms with Crippen molar-refractivity contribution in [1.29, 1.82) is 0 Å². The monoisotopic (exact) mass is 371 g/mol. The van der Waals surface area contributed by atoms with Crippen LogP contribution in [0.2, 0.25) is 0 Å². The van der Waals surface area contributed by atoms with Gasteiger partial charge in [-0.2, -0.15) is 0 Å². The van der Waals surface area contributed by atoms with Crippen LogP contribution in [0.4, 0.5) is 0 Å². The number of nitrogens with zero attached hydrogens (tertiary/aromatic N) is 1. The number of likely N-dealkylation sites (N-methyl/N-ethyl adjacent to an activating group) is 1. The zero-order valence-corrected chi connectivity index (χ0v) is 17.1. The summed E-state index contributed by atoms with van der Waals surface area (Å²) in [6.45, 7) is 8.96. The molecule has 0 amide bonds. The van der Waals surface area contributed by atoms with Crippen LogP contribution in [0, 0.1) is 5.41 Å². The molecule has 0 unspecified atom stereocenters. The summed E-state index contributed by atoms with van der Waals surface area (Å²) in [5.41, 5.74) is 4.15. The molecule has 0 atom stereocenters. The Morgan fingerprint density at radius 2 is 1.81 bits per heavy atom. The highest BCUT2D eigenvalue weighted by atomic mass is 16.6. The van der Waals surface area contributed by atoms with E-state index in [2.05, 4.69) is 32.9 Å². The summed E-state index contributed by atoms with van der Waals surface area (Å²) in [4.78, 5) is 25.0. The third-order valence-electron chi connectivity index (χ3n) is 4.98. The van der Waals surface area contributed by atoms with E-state index in [0.717, 1.165) is 5.57 Å². The Morgan fingerprint density at radius 3 is 2.41 bits per heavy atom. The Balaban J connectivity index is 2.01. The summed E-state index contributed by atoms with van der Waals surface area (Å²) < 4.78 is 10.3. The van der Waals surface area contributed by atoms with Gasteiger partial charge in [-0.3, -0.25) is 14.5 Å². The van der Waals surface area contributed by atoms with Gasteiger partial charge in [-0.05, 0) is 57.1 Å². The maximum Gasteiger partial charge on any atom is 0.628 e. The summed E-state index contributed by atoms with van der Waals surface area (Å²) in [7, 11) is 0.691. The average Bonchev–Trinajstić information content (AvgIpc) is 2.51. The van der Waals surface area contributed by atoms with Crippen molar-refractivity contribution < 1.29 is 18.9 Å². The molecular formula is C21H30BNO4. The van der Waals surface area contributed by atoms with E-state index in [0.29, 0.717) is 0 Å². The number of allylic oxidation sites excluding steroid dienone is 7. The molecule has 0 bridgehead atoms. The minimum absolute atomic E-state index is 0.0707. The van der Waals surface area contributed by atoms with E-state index in [4.69, 9.17) is 9.31 Å². The lowest BCUT2D eigenvalue weighted by Crippen LogP contribution is -2.41. The highest BCUT2D eigenvalue weighted by Crippen LogP contribution is 2.40. The van der Waals surface area contributed by atoms with Crippen LogP contribution in [0.5, 0.6) is 0 Å². The topological polar surface area (TPSA) is 55.8 Å². The number of carbonyl (C=O) groups excluding carboxylic acids is 2. The van der Waals surface area contributed by atoms with Crippen molar-refractivity contribution in [3.63, 3.8) is 0 Å². The standard InChI is InChI=1S/C21H30BNO4/c1-16(10-11-18-17(2)9-6-12-21(18,3)4)8-7-13-22-26-19(24)14-23(5)15-20(25)27-22/h7-8,10-11,13H,6,9,12,14-15H2,1-5H3/b11-10+,13-7+,16-8+. The first-order valence-electron chi connectivity index (χ1n) is 9.48. The second-order valence-corrected chi connectivity index (χ2v) is 8.08. The van der Waals surface area contributed by atoms with Gasteiger partial charge in [0.2, 0.25) is 0 Å². The minimum Gasteiger partial charge on any atom is -0.495 e. The van der Waals surface area contributed by atoms with Crippen molar-refractivity contribution in [3.8, 4) is 0 Å². The van der Waals surface area contributed by atoms with Crippen LogP contribution in [-0.2, 0) is 18.9 Å². The first-order chi connectivity index (χ1) is 12.7. The highest BCUT2D eigenvalue weighted by molar-refractivity contribution is 6.54. The first kappa shape index (κ1) is 21.2. The molecule has 0 aromatic carbocycles. The number of carbonyl (C=O) groups is 2. The summed E-state index contributed by atoms with van der Waals surface area (Å²) in [5, 5.41) is 0. The van der Waals surface area contributed by atoms with Crippen molar-refractivity contribution in [2.75, 3.05) is 20.1 Å². The van der Waals surface area contributed by atoms with Crippen LogP contribution in [-0.4, -0.2) is 44.1 Å². The molecule has 6 heteroatoms. The van der Waals surface area contributed by atoms with Gasteiger partial charge in [0, 0.05) is 0 Å². The predicted octanol–water partition coefficient (Wildman–Crippen LogP) is 3.63. The molecule has 1 saturated heterocycles. The molecule has 0 aromatic heterocycles. The van der Waals surface area contributed by atoms with Gasteiger partial charge >= 0.3 is 19.1 Å². The van der Waals surface area contributed by atoms with Crippen LogP contribution in [0.15, 0.2) is 47.0 Å². The Bertz CT molecular complexity index is 683. The fourth-order valence-corrected chi connectivity index (χ4v) is 3.51. The van der Waals surface area contributed by atoms with E-state index in [1.165, 1.54) is 30.4 Å². The van der Waals surface area contributed by atoms with E-state index in [1.54, 1.807) is 24.0 Å². The zero-order chi connectivity index (χ0) is 20.0. The van der Waals surface area contributed by atoms with Crippen molar-refractivity contribution in [2.45, 2.75) is 47.0 Å². The summed E-state index contributed by atoms with van der Waals surface area (Å²) in [6.07, 6.45) is 11.6. The molecular weight excluding hydrogens is 341 g/mol.